The van der Waals surface area contributed by atoms with Crippen LogP contribution in [0.4, 0.5) is 4.79 Å². The second kappa shape index (κ2) is 8.29. The Kier molecular flexibility index (Phi) is 6.59. The zero-order chi connectivity index (χ0) is 18.5. The predicted octanol–water partition coefficient (Wildman–Crippen LogP) is 0.908. The maximum atomic E-state index is 12.2. The number of hydrogen-bond donors (Lipinski definition) is 2. The third kappa shape index (κ3) is 5.52. The highest BCUT2D eigenvalue weighted by atomic mass is 32.2. The van der Waals surface area contributed by atoms with E-state index >= 15 is 0 Å². The number of urea groups is 1. The Labute approximate surface area is 151 Å². The minimum absolute atomic E-state index is 0.105. The van der Waals surface area contributed by atoms with Crippen LogP contribution in [0.25, 0.3) is 0 Å². The molecule has 1 fully saturated rings. The van der Waals surface area contributed by atoms with Crippen LogP contribution in [-0.2, 0) is 20.8 Å². The molecule has 1 saturated heterocycles. The van der Waals surface area contributed by atoms with Gasteiger partial charge in [0.2, 0.25) is 10.0 Å². The standard InChI is InChI=1S/C16H25N3O4S2/c1-16(2)8-11-19(12-13-24(16)21)15(20)17-9-10-18-25(22,23)14-6-4-3-5-7-14/h3-7,18H,8-13H2,1-2H3,(H,17,20). The van der Waals surface area contributed by atoms with Gasteiger partial charge in [0.05, 0.1) is 4.90 Å². The Morgan fingerprint density at radius 2 is 1.88 bits per heavy atom. The Morgan fingerprint density at radius 1 is 1.20 bits per heavy atom. The van der Waals surface area contributed by atoms with Crippen LogP contribution in [0.5, 0.6) is 0 Å². The van der Waals surface area contributed by atoms with Crippen molar-refractivity contribution in [1.82, 2.24) is 14.9 Å². The second-order valence-corrected chi connectivity index (χ2v) is 10.5. The molecule has 0 saturated carbocycles. The van der Waals surface area contributed by atoms with E-state index in [0.29, 0.717) is 25.3 Å². The van der Waals surface area contributed by atoms with Crippen molar-refractivity contribution in [3.63, 3.8) is 0 Å². The van der Waals surface area contributed by atoms with Crippen molar-refractivity contribution in [2.45, 2.75) is 29.9 Å². The molecule has 1 aromatic rings. The molecule has 0 aliphatic carbocycles. The lowest BCUT2D eigenvalue weighted by Gasteiger charge is -2.22. The summed E-state index contributed by atoms with van der Waals surface area (Å²) in [5.74, 6) is 0.459. The first-order valence-corrected chi connectivity index (χ1v) is 11.0. The molecule has 1 aromatic carbocycles. The monoisotopic (exact) mass is 387 g/mol. The lowest BCUT2D eigenvalue weighted by Crippen LogP contribution is -2.44. The number of amides is 2. The van der Waals surface area contributed by atoms with Crippen molar-refractivity contribution in [2.24, 2.45) is 0 Å². The van der Waals surface area contributed by atoms with Gasteiger partial charge in [-0.2, -0.15) is 0 Å². The third-order valence-electron chi connectivity index (χ3n) is 4.18. The van der Waals surface area contributed by atoms with E-state index in [9.17, 15) is 17.4 Å². The van der Waals surface area contributed by atoms with E-state index < -0.39 is 20.8 Å². The molecule has 1 atom stereocenters. The molecule has 2 amide bonds. The van der Waals surface area contributed by atoms with Gasteiger partial charge in [0.1, 0.15) is 0 Å². The normalized spacial score (nSPS) is 20.7. The molecule has 7 nitrogen and oxygen atoms in total. The van der Waals surface area contributed by atoms with Crippen LogP contribution in [0.1, 0.15) is 20.3 Å². The molecule has 0 radical (unpaired) electrons. The largest absolute Gasteiger partial charge is 0.337 e. The van der Waals surface area contributed by atoms with Gasteiger partial charge in [-0.1, -0.05) is 18.2 Å². The zero-order valence-electron chi connectivity index (χ0n) is 14.5. The van der Waals surface area contributed by atoms with Gasteiger partial charge < -0.3 is 10.2 Å². The zero-order valence-corrected chi connectivity index (χ0v) is 16.2. The van der Waals surface area contributed by atoms with Crippen molar-refractivity contribution in [3.05, 3.63) is 30.3 Å². The number of carbonyl (C=O) groups excluding carboxylic acids is 1. The summed E-state index contributed by atoms with van der Waals surface area (Å²) in [5.41, 5.74) is 0. The minimum Gasteiger partial charge on any atom is -0.337 e. The molecule has 140 valence electrons. The smallest absolute Gasteiger partial charge is 0.317 e. The first-order valence-electron chi connectivity index (χ1n) is 8.18. The molecule has 0 bridgehead atoms. The van der Waals surface area contributed by atoms with Crippen LogP contribution in [0, 0.1) is 0 Å². The van der Waals surface area contributed by atoms with Crippen LogP contribution < -0.4 is 10.0 Å². The van der Waals surface area contributed by atoms with Gasteiger partial charge in [-0.3, -0.25) is 4.21 Å². The average molecular weight is 388 g/mol. The molecular formula is C16H25N3O4S2. The first-order chi connectivity index (χ1) is 11.7. The molecule has 1 unspecified atom stereocenters. The maximum Gasteiger partial charge on any atom is 0.317 e. The maximum absolute atomic E-state index is 12.2. The Bertz CT molecular complexity index is 720. The molecule has 1 aliphatic rings. The number of carbonyl (C=O) groups is 1. The van der Waals surface area contributed by atoms with Gasteiger partial charge >= 0.3 is 6.03 Å². The van der Waals surface area contributed by atoms with Crippen molar-refractivity contribution in [2.75, 3.05) is 31.9 Å². The highest BCUT2D eigenvalue weighted by Crippen LogP contribution is 2.21. The van der Waals surface area contributed by atoms with E-state index in [2.05, 4.69) is 10.0 Å². The Morgan fingerprint density at radius 3 is 2.56 bits per heavy atom. The minimum atomic E-state index is -3.57. The van der Waals surface area contributed by atoms with E-state index in [1.165, 1.54) is 12.1 Å². The van der Waals surface area contributed by atoms with Crippen molar-refractivity contribution >= 4 is 26.9 Å². The highest BCUT2D eigenvalue weighted by Gasteiger charge is 2.31. The van der Waals surface area contributed by atoms with Gasteiger partial charge in [0.15, 0.2) is 0 Å². The molecule has 0 aromatic heterocycles. The Balaban J connectivity index is 1.78. The van der Waals surface area contributed by atoms with Crippen molar-refractivity contribution in [1.29, 1.82) is 0 Å². The first kappa shape index (κ1) is 19.9. The molecule has 2 N–H and O–H groups in total. The summed E-state index contributed by atoms with van der Waals surface area (Å²) in [6.07, 6.45) is 0.674. The number of benzene rings is 1. The fourth-order valence-electron chi connectivity index (χ4n) is 2.45. The average Bonchev–Trinajstić information content (AvgIpc) is 2.71. The predicted molar refractivity (Wildman–Crippen MR) is 98.3 cm³/mol. The van der Waals surface area contributed by atoms with Gasteiger partial charge in [0.25, 0.3) is 0 Å². The summed E-state index contributed by atoms with van der Waals surface area (Å²) in [5, 5.41) is 2.71. The van der Waals surface area contributed by atoms with Gasteiger partial charge in [-0.05, 0) is 32.4 Å². The number of nitrogens with one attached hydrogen (secondary N) is 2. The molecule has 1 aliphatic heterocycles. The van der Waals surface area contributed by atoms with E-state index in [4.69, 9.17) is 0 Å². The molecule has 25 heavy (non-hydrogen) atoms. The fourth-order valence-corrected chi connectivity index (χ4v) is 4.76. The summed E-state index contributed by atoms with van der Waals surface area (Å²) in [7, 11) is -4.53. The highest BCUT2D eigenvalue weighted by molar-refractivity contribution is 7.89. The van der Waals surface area contributed by atoms with E-state index in [0.717, 1.165) is 0 Å². The summed E-state index contributed by atoms with van der Waals surface area (Å²) >= 11 is 0. The van der Waals surface area contributed by atoms with Crippen LogP contribution >= 0.6 is 0 Å². The van der Waals surface area contributed by atoms with Crippen LogP contribution in [0.15, 0.2) is 35.2 Å². The molecule has 2 rings (SSSR count). The summed E-state index contributed by atoms with van der Waals surface area (Å²) in [4.78, 5) is 14.0. The van der Waals surface area contributed by atoms with Crippen molar-refractivity contribution in [3.8, 4) is 0 Å². The number of sulfonamides is 1. The van der Waals surface area contributed by atoms with E-state index in [-0.39, 0.29) is 28.8 Å². The summed E-state index contributed by atoms with van der Waals surface area (Å²) in [6.45, 7) is 5.17. The van der Waals surface area contributed by atoms with Crippen LogP contribution in [0.2, 0.25) is 0 Å². The van der Waals surface area contributed by atoms with Gasteiger partial charge in [-0.15, -0.1) is 0 Å². The number of nitrogens with zero attached hydrogens (tertiary/aromatic N) is 1. The molecule has 0 spiro atoms. The number of hydrogen-bond acceptors (Lipinski definition) is 4. The Hall–Kier alpha value is -1.45. The lowest BCUT2D eigenvalue weighted by molar-refractivity contribution is 0.200. The fraction of sp³-hybridized carbons (Fsp3) is 0.562. The molecular weight excluding hydrogens is 362 g/mol. The SMILES string of the molecule is CC1(C)CCN(C(=O)NCCNS(=O)(=O)c2ccccc2)CCS1=O. The second-order valence-electron chi connectivity index (χ2n) is 6.49. The lowest BCUT2D eigenvalue weighted by atomic mass is 10.1. The third-order valence-corrected chi connectivity index (χ3v) is 7.65. The summed E-state index contributed by atoms with van der Waals surface area (Å²) in [6, 6.07) is 7.82. The quantitative estimate of drug-likeness (QED) is 0.734. The van der Waals surface area contributed by atoms with E-state index in [1.807, 2.05) is 13.8 Å². The molecule has 9 heteroatoms. The number of rotatable bonds is 5. The van der Waals surface area contributed by atoms with Crippen LogP contribution in [0.3, 0.4) is 0 Å². The van der Waals surface area contributed by atoms with Crippen LogP contribution in [-0.4, -0.2) is 60.2 Å². The van der Waals surface area contributed by atoms with E-state index in [1.54, 1.807) is 23.1 Å². The topological polar surface area (TPSA) is 95.6 Å². The van der Waals surface area contributed by atoms with Gasteiger partial charge in [-0.25, -0.2) is 17.9 Å². The molecule has 1 heterocycles. The van der Waals surface area contributed by atoms with Crippen molar-refractivity contribution < 1.29 is 17.4 Å². The summed E-state index contributed by atoms with van der Waals surface area (Å²) < 4.78 is 38.4. The van der Waals surface area contributed by atoms with Gasteiger partial charge in [0, 0.05) is 47.5 Å².